The Balaban J connectivity index is 2.80. The molecule has 0 aliphatic carbocycles. The van der Waals surface area contributed by atoms with E-state index in [1.165, 1.54) is 23.9 Å². The van der Waals surface area contributed by atoms with Crippen molar-refractivity contribution in [3.63, 3.8) is 0 Å². The van der Waals surface area contributed by atoms with Crippen molar-refractivity contribution in [1.29, 1.82) is 0 Å². The van der Waals surface area contributed by atoms with Gasteiger partial charge in [-0.25, -0.2) is 4.79 Å². The van der Waals surface area contributed by atoms with Crippen LogP contribution in [0.1, 0.15) is 24.8 Å². The van der Waals surface area contributed by atoms with E-state index in [0.717, 1.165) is 0 Å². The molecule has 10 nitrogen and oxygen atoms in total. The molecule has 30 heavy (non-hydrogen) atoms. The highest BCUT2D eigenvalue weighted by Gasteiger charge is 2.28. The van der Waals surface area contributed by atoms with Gasteiger partial charge in [-0.3, -0.25) is 14.4 Å². The second-order valence-corrected chi connectivity index (χ2v) is 7.64. The van der Waals surface area contributed by atoms with Crippen LogP contribution in [0, 0.1) is 0 Å². The van der Waals surface area contributed by atoms with Crippen LogP contribution in [-0.4, -0.2) is 69.2 Å². The summed E-state index contributed by atoms with van der Waals surface area (Å²) in [6, 6.07) is 2.57. The van der Waals surface area contributed by atoms with Gasteiger partial charge < -0.3 is 31.7 Å². The van der Waals surface area contributed by atoms with E-state index in [9.17, 15) is 29.4 Å². The first-order chi connectivity index (χ1) is 14.1. The van der Waals surface area contributed by atoms with Crippen LogP contribution in [0.5, 0.6) is 5.75 Å². The molecule has 0 spiro atoms. The Morgan fingerprint density at radius 3 is 2.13 bits per heavy atom. The summed E-state index contributed by atoms with van der Waals surface area (Å²) >= 11 is 1.45. The smallest absolute Gasteiger partial charge is 0.326 e. The van der Waals surface area contributed by atoms with Crippen LogP contribution in [0.25, 0.3) is 0 Å². The lowest BCUT2D eigenvalue weighted by molar-refractivity contribution is -0.142. The minimum absolute atomic E-state index is 0.0112. The third-order valence-corrected chi connectivity index (χ3v) is 4.88. The van der Waals surface area contributed by atoms with Crippen LogP contribution < -0.4 is 16.4 Å². The number of benzene rings is 1. The lowest BCUT2D eigenvalue weighted by atomic mass is 10.0. The number of nitrogens with one attached hydrogen (secondary N) is 2. The minimum Gasteiger partial charge on any atom is -0.508 e. The number of amides is 2. The van der Waals surface area contributed by atoms with E-state index in [-0.39, 0.29) is 31.4 Å². The Morgan fingerprint density at radius 1 is 1.00 bits per heavy atom. The maximum atomic E-state index is 12.7. The van der Waals surface area contributed by atoms with Crippen LogP contribution in [-0.2, 0) is 25.6 Å². The van der Waals surface area contributed by atoms with Gasteiger partial charge in [0.2, 0.25) is 11.8 Å². The molecule has 0 radical (unpaired) electrons. The lowest BCUT2D eigenvalue weighted by Gasteiger charge is -2.23. The molecule has 11 heteroatoms. The van der Waals surface area contributed by atoms with Crippen molar-refractivity contribution in [3.05, 3.63) is 29.8 Å². The van der Waals surface area contributed by atoms with Gasteiger partial charge in [-0.1, -0.05) is 12.1 Å². The average molecular weight is 442 g/mol. The normalized spacial score (nSPS) is 13.7. The number of aliphatic carboxylic acids is 2. The molecule has 0 fully saturated rings. The standard InChI is InChI=1S/C19H27N3O7S/c1-30-9-8-14(21-17(26)13(20)6-7-16(24)25)18(27)22-15(19(28)29)10-11-2-4-12(23)5-3-11/h2-5,13-15,23H,6-10,20H2,1H3,(H,21,26)(H,22,27)(H,24,25)(H,28,29). The highest BCUT2D eigenvalue weighted by Crippen LogP contribution is 2.12. The van der Waals surface area contributed by atoms with E-state index in [2.05, 4.69) is 10.6 Å². The molecule has 3 atom stereocenters. The van der Waals surface area contributed by atoms with Crippen molar-refractivity contribution >= 4 is 35.5 Å². The van der Waals surface area contributed by atoms with Crippen molar-refractivity contribution in [2.45, 2.75) is 43.8 Å². The van der Waals surface area contributed by atoms with E-state index in [4.69, 9.17) is 10.8 Å². The molecule has 1 aromatic rings. The molecule has 0 heterocycles. The Morgan fingerprint density at radius 2 is 1.60 bits per heavy atom. The molecule has 0 aromatic heterocycles. The first kappa shape index (κ1) is 25.2. The number of hydrogen-bond acceptors (Lipinski definition) is 7. The molecule has 0 saturated carbocycles. The van der Waals surface area contributed by atoms with Crippen molar-refractivity contribution in [1.82, 2.24) is 10.6 Å². The molecular formula is C19H27N3O7S. The minimum atomic E-state index is -1.25. The Kier molecular flexibility index (Phi) is 10.7. The second-order valence-electron chi connectivity index (χ2n) is 6.65. The van der Waals surface area contributed by atoms with Gasteiger partial charge in [0, 0.05) is 12.8 Å². The summed E-state index contributed by atoms with van der Waals surface area (Å²) in [6.07, 6.45) is 1.68. The molecule has 0 saturated heterocycles. The van der Waals surface area contributed by atoms with Crippen LogP contribution >= 0.6 is 11.8 Å². The van der Waals surface area contributed by atoms with Gasteiger partial charge in [0.25, 0.3) is 0 Å². The average Bonchev–Trinajstić information content (AvgIpc) is 2.69. The highest BCUT2D eigenvalue weighted by atomic mass is 32.2. The number of hydrogen-bond donors (Lipinski definition) is 6. The summed E-state index contributed by atoms with van der Waals surface area (Å²) in [5.74, 6) is -3.12. The van der Waals surface area contributed by atoms with Crippen LogP contribution in [0.4, 0.5) is 0 Å². The van der Waals surface area contributed by atoms with Gasteiger partial charge in [-0.2, -0.15) is 11.8 Å². The molecule has 1 aromatic carbocycles. The topological polar surface area (TPSA) is 179 Å². The molecule has 0 aliphatic heterocycles. The van der Waals surface area contributed by atoms with E-state index in [1.807, 2.05) is 6.26 Å². The third-order valence-electron chi connectivity index (χ3n) is 4.24. The third kappa shape index (κ3) is 9.14. The van der Waals surface area contributed by atoms with Crippen molar-refractivity contribution in [2.24, 2.45) is 5.73 Å². The van der Waals surface area contributed by atoms with E-state index >= 15 is 0 Å². The Labute approximate surface area is 178 Å². The number of rotatable bonds is 13. The molecule has 0 aliphatic rings. The van der Waals surface area contributed by atoms with Crippen LogP contribution in [0.3, 0.4) is 0 Å². The van der Waals surface area contributed by atoms with Gasteiger partial charge in [0.1, 0.15) is 17.8 Å². The zero-order chi connectivity index (χ0) is 22.7. The van der Waals surface area contributed by atoms with Gasteiger partial charge >= 0.3 is 11.9 Å². The van der Waals surface area contributed by atoms with Gasteiger partial charge in [0.05, 0.1) is 6.04 Å². The number of carbonyl (C=O) groups is 4. The molecular weight excluding hydrogens is 414 g/mol. The van der Waals surface area contributed by atoms with E-state index < -0.39 is 41.9 Å². The fraction of sp³-hybridized carbons (Fsp3) is 0.474. The number of phenolic OH excluding ortho intramolecular Hbond substituents is 1. The number of aromatic hydroxyl groups is 1. The fourth-order valence-corrected chi connectivity index (χ4v) is 3.00. The molecule has 0 bridgehead atoms. The number of nitrogens with two attached hydrogens (primary N) is 1. The first-order valence-corrected chi connectivity index (χ1v) is 10.6. The molecule has 2 amide bonds. The monoisotopic (exact) mass is 441 g/mol. The van der Waals surface area contributed by atoms with Crippen LogP contribution in [0.2, 0.25) is 0 Å². The number of carboxylic acids is 2. The molecule has 3 unspecified atom stereocenters. The lowest BCUT2D eigenvalue weighted by Crippen LogP contribution is -2.55. The summed E-state index contributed by atoms with van der Waals surface area (Å²) in [5.41, 5.74) is 6.28. The Bertz CT molecular complexity index is 742. The second kappa shape index (κ2) is 12.7. The summed E-state index contributed by atoms with van der Waals surface area (Å²) in [7, 11) is 0. The van der Waals surface area contributed by atoms with Crippen LogP contribution in [0.15, 0.2) is 24.3 Å². The van der Waals surface area contributed by atoms with Crippen molar-refractivity contribution < 1.29 is 34.5 Å². The molecule has 7 N–H and O–H groups in total. The zero-order valence-electron chi connectivity index (χ0n) is 16.5. The summed E-state index contributed by atoms with van der Waals surface area (Å²) in [5, 5.41) is 32.4. The maximum absolute atomic E-state index is 12.7. The molecule has 166 valence electrons. The van der Waals surface area contributed by atoms with Crippen molar-refractivity contribution in [2.75, 3.05) is 12.0 Å². The van der Waals surface area contributed by atoms with Gasteiger partial charge in [0.15, 0.2) is 0 Å². The summed E-state index contributed by atoms with van der Waals surface area (Å²) in [6.45, 7) is 0. The van der Waals surface area contributed by atoms with Crippen molar-refractivity contribution in [3.8, 4) is 5.75 Å². The van der Waals surface area contributed by atoms with E-state index in [1.54, 1.807) is 12.1 Å². The number of thioether (sulfide) groups is 1. The summed E-state index contributed by atoms with van der Waals surface area (Å²) in [4.78, 5) is 47.1. The quantitative estimate of drug-likeness (QED) is 0.244. The fourth-order valence-electron chi connectivity index (χ4n) is 2.53. The summed E-state index contributed by atoms with van der Waals surface area (Å²) < 4.78 is 0. The zero-order valence-corrected chi connectivity index (χ0v) is 17.4. The van der Waals surface area contributed by atoms with E-state index in [0.29, 0.717) is 11.3 Å². The highest BCUT2D eigenvalue weighted by molar-refractivity contribution is 7.98. The van der Waals surface area contributed by atoms with Gasteiger partial charge in [-0.15, -0.1) is 0 Å². The molecule has 1 rings (SSSR count). The maximum Gasteiger partial charge on any atom is 0.326 e. The number of phenols is 1. The number of carboxylic acid groups (broad SMARTS) is 2. The largest absolute Gasteiger partial charge is 0.508 e. The van der Waals surface area contributed by atoms with Gasteiger partial charge in [-0.05, 0) is 42.5 Å². The number of carbonyl (C=O) groups excluding carboxylic acids is 2. The SMILES string of the molecule is CSCCC(NC(=O)C(N)CCC(=O)O)C(=O)NC(Cc1ccc(O)cc1)C(=O)O. The predicted molar refractivity (Wildman–Crippen MR) is 111 cm³/mol. The predicted octanol–water partition coefficient (Wildman–Crippen LogP) is -0.0659. The Hall–Kier alpha value is -2.79. The first-order valence-electron chi connectivity index (χ1n) is 9.21.